The van der Waals surface area contributed by atoms with E-state index in [2.05, 4.69) is 38.2 Å². The highest BCUT2D eigenvalue weighted by atomic mass is 16.7. The van der Waals surface area contributed by atoms with Crippen LogP contribution in [-0.2, 0) is 33.3 Å². The van der Waals surface area contributed by atoms with Crippen molar-refractivity contribution in [2.24, 2.45) is 0 Å². The van der Waals surface area contributed by atoms with Crippen LogP contribution in [0.1, 0.15) is 162 Å². The standard InChI is InChI=1S/C40H70O11/c1-3-5-7-9-11-13-15-16-17-18-19-21-22-24-26-28-33(41)48-30-32(31-49-40-37(45)35(43)36(44)38(51-40)39(46)47)50-34(42)29-27-25-23-20-14-12-10-8-6-4-2/h11,13,16-17,32,35-38,40,43-45H,3-10,12,14-15,18-31H2,1-2H3,(H,46,47)/b13-11-,17-16-. The predicted molar refractivity (Wildman–Crippen MR) is 197 cm³/mol. The smallest absolute Gasteiger partial charge is 0.335 e. The van der Waals surface area contributed by atoms with E-state index in [9.17, 15) is 34.8 Å². The molecule has 1 saturated heterocycles. The van der Waals surface area contributed by atoms with E-state index in [-0.39, 0.29) is 19.4 Å². The second-order valence-electron chi connectivity index (χ2n) is 13.8. The van der Waals surface area contributed by atoms with Gasteiger partial charge in [-0.3, -0.25) is 9.59 Å². The number of carbonyl (C=O) groups is 3. The van der Waals surface area contributed by atoms with E-state index in [1.165, 1.54) is 57.8 Å². The first-order valence-corrected chi connectivity index (χ1v) is 19.9. The highest BCUT2D eigenvalue weighted by Gasteiger charge is 2.47. The summed E-state index contributed by atoms with van der Waals surface area (Å²) in [7, 11) is 0. The lowest BCUT2D eigenvalue weighted by Gasteiger charge is -2.38. The third-order valence-electron chi connectivity index (χ3n) is 9.05. The summed E-state index contributed by atoms with van der Waals surface area (Å²) in [6.07, 6.45) is 22.4. The maximum atomic E-state index is 12.7. The molecular weight excluding hydrogens is 656 g/mol. The van der Waals surface area contributed by atoms with Crippen LogP contribution < -0.4 is 0 Å². The minimum Gasteiger partial charge on any atom is -0.479 e. The van der Waals surface area contributed by atoms with Gasteiger partial charge in [0.25, 0.3) is 0 Å². The van der Waals surface area contributed by atoms with E-state index in [4.69, 9.17) is 18.9 Å². The maximum absolute atomic E-state index is 12.7. The Bertz CT molecular complexity index is 953. The van der Waals surface area contributed by atoms with Crippen molar-refractivity contribution in [2.45, 2.75) is 198 Å². The van der Waals surface area contributed by atoms with Crippen molar-refractivity contribution in [3.63, 3.8) is 0 Å². The Hall–Kier alpha value is -2.31. The van der Waals surface area contributed by atoms with E-state index < -0.39 is 61.3 Å². The third-order valence-corrected chi connectivity index (χ3v) is 9.05. The van der Waals surface area contributed by atoms with Crippen molar-refractivity contribution in [3.8, 4) is 0 Å². The van der Waals surface area contributed by atoms with Crippen molar-refractivity contribution >= 4 is 17.9 Å². The molecule has 0 aromatic carbocycles. The van der Waals surface area contributed by atoms with Gasteiger partial charge in [0.15, 0.2) is 18.5 Å². The van der Waals surface area contributed by atoms with Gasteiger partial charge in [-0.1, -0.05) is 128 Å². The molecule has 1 aliphatic rings. The van der Waals surface area contributed by atoms with E-state index in [0.29, 0.717) is 12.8 Å². The average Bonchev–Trinajstić information content (AvgIpc) is 3.11. The Morgan fingerprint density at radius 1 is 0.608 bits per heavy atom. The molecule has 0 saturated carbocycles. The zero-order valence-electron chi connectivity index (χ0n) is 31.6. The van der Waals surface area contributed by atoms with Gasteiger partial charge in [-0.2, -0.15) is 0 Å². The van der Waals surface area contributed by atoms with E-state index in [0.717, 1.165) is 64.2 Å². The Labute approximate surface area is 307 Å². The number of rotatable bonds is 32. The average molecular weight is 727 g/mol. The number of unbranched alkanes of at least 4 members (excludes halogenated alkanes) is 17. The topological polar surface area (TPSA) is 169 Å². The zero-order chi connectivity index (χ0) is 37.5. The molecule has 11 heteroatoms. The summed E-state index contributed by atoms with van der Waals surface area (Å²) in [5.41, 5.74) is 0. The number of hydrogen-bond donors (Lipinski definition) is 4. The summed E-state index contributed by atoms with van der Waals surface area (Å²) >= 11 is 0. The number of aliphatic hydroxyl groups excluding tert-OH is 3. The summed E-state index contributed by atoms with van der Waals surface area (Å²) < 4.78 is 21.6. The van der Waals surface area contributed by atoms with Crippen molar-refractivity contribution < 1.29 is 53.8 Å². The first-order chi connectivity index (χ1) is 24.7. The summed E-state index contributed by atoms with van der Waals surface area (Å²) in [5, 5.41) is 39.6. The first kappa shape index (κ1) is 46.7. The fraction of sp³-hybridized carbons (Fsp3) is 0.825. The van der Waals surface area contributed by atoms with Crippen LogP contribution in [0.4, 0.5) is 0 Å². The quantitative estimate of drug-likeness (QED) is 0.0308. The lowest BCUT2D eigenvalue weighted by Crippen LogP contribution is -2.60. The van der Waals surface area contributed by atoms with Gasteiger partial charge < -0.3 is 39.4 Å². The zero-order valence-corrected chi connectivity index (χ0v) is 31.6. The van der Waals surface area contributed by atoms with Gasteiger partial charge in [0, 0.05) is 12.8 Å². The number of carboxylic acids is 1. The maximum Gasteiger partial charge on any atom is 0.335 e. The molecule has 11 nitrogen and oxygen atoms in total. The molecule has 1 aliphatic heterocycles. The molecule has 6 unspecified atom stereocenters. The highest BCUT2D eigenvalue weighted by Crippen LogP contribution is 2.23. The third kappa shape index (κ3) is 23.8. The SMILES string of the molecule is CCCCC/C=C\C/C=C\CCCCCCCC(=O)OCC(COC1OC(C(=O)O)C(O)C(O)C1O)OC(=O)CCCCCCCCCCCC. The minimum atomic E-state index is -1.86. The van der Waals surface area contributed by atoms with Crippen LogP contribution in [0.5, 0.6) is 0 Å². The molecule has 0 aromatic rings. The van der Waals surface area contributed by atoms with Gasteiger partial charge in [-0.05, 0) is 44.9 Å². The number of hydrogen-bond acceptors (Lipinski definition) is 10. The molecule has 0 spiro atoms. The summed E-state index contributed by atoms with van der Waals surface area (Å²) in [4.78, 5) is 36.6. The van der Waals surface area contributed by atoms with Gasteiger partial charge in [0.05, 0.1) is 6.61 Å². The number of esters is 2. The molecule has 0 amide bonds. The van der Waals surface area contributed by atoms with Crippen molar-refractivity contribution in [2.75, 3.05) is 13.2 Å². The van der Waals surface area contributed by atoms with Crippen LogP contribution in [-0.4, -0.2) is 88.4 Å². The molecule has 0 radical (unpaired) electrons. The number of aliphatic carboxylic acids is 1. The molecule has 1 heterocycles. The Kier molecular flexibility index (Phi) is 28.6. The normalized spacial score (nSPS) is 21.3. The number of carboxylic acid groups (broad SMARTS) is 1. The number of aliphatic hydroxyl groups is 3. The summed E-state index contributed by atoms with van der Waals surface area (Å²) in [6.45, 7) is 3.73. The fourth-order valence-corrected chi connectivity index (χ4v) is 5.85. The molecule has 51 heavy (non-hydrogen) atoms. The van der Waals surface area contributed by atoms with Gasteiger partial charge in [-0.25, -0.2) is 4.79 Å². The number of ether oxygens (including phenoxy) is 4. The van der Waals surface area contributed by atoms with E-state index >= 15 is 0 Å². The molecule has 6 atom stereocenters. The predicted octanol–water partition coefficient (Wildman–Crippen LogP) is 7.47. The molecule has 0 bridgehead atoms. The first-order valence-electron chi connectivity index (χ1n) is 19.9. The van der Waals surface area contributed by atoms with Crippen LogP contribution in [0.25, 0.3) is 0 Å². The van der Waals surface area contributed by atoms with Gasteiger partial charge in [-0.15, -0.1) is 0 Å². The second kappa shape index (κ2) is 31.2. The fourth-order valence-electron chi connectivity index (χ4n) is 5.85. The van der Waals surface area contributed by atoms with Crippen molar-refractivity contribution in [3.05, 3.63) is 24.3 Å². The van der Waals surface area contributed by atoms with Crippen molar-refractivity contribution in [1.82, 2.24) is 0 Å². The number of allylic oxidation sites excluding steroid dienone is 4. The van der Waals surface area contributed by atoms with E-state index in [1.807, 2.05) is 0 Å². The lowest BCUT2D eigenvalue weighted by molar-refractivity contribution is -0.298. The Morgan fingerprint density at radius 3 is 1.67 bits per heavy atom. The summed E-state index contributed by atoms with van der Waals surface area (Å²) in [5.74, 6) is -2.46. The van der Waals surface area contributed by atoms with Crippen LogP contribution in [0, 0.1) is 0 Å². The molecule has 4 N–H and O–H groups in total. The minimum absolute atomic E-state index is 0.182. The highest BCUT2D eigenvalue weighted by molar-refractivity contribution is 5.73. The lowest BCUT2D eigenvalue weighted by atomic mass is 9.99. The van der Waals surface area contributed by atoms with Crippen LogP contribution in [0.2, 0.25) is 0 Å². The van der Waals surface area contributed by atoms with Crippen LogP contribution in [0.3, 0.4) is 0 Å². The Balaban J connectivity index is 2.43. The molecule has 0 aliphatic carbocycles. The van der Waals surface area contributed by atoms with E-state index in [1.54, 1.807) is 0 Å². The summed E-state index contributed by atoms with van der Waals surface area (Å²) in [6, 6.07) is 0. The molecule has 1 rings (SSSR count). The monoisotopic (exact) mass is 726 g/mol. The second-order valence-corrected chi connectivity index (χ2v) is 13.8. The molecule has 296 valence electrons. The largest absolute Gasteiger partial charge is 0.479 e. The van der Waals surface area contributed by atoms with Crippen molar-refractivity contribution in [1.29, 1.82) is 0 Å². The molecular formula is C40H70O11. The van der Waals surface area contributed by atoms with Gasteiger partial charge >= 0.3 is 17.9 Å². The van der Waals surface area contributed by atoms with Crippen LogP contribution in [0.15, 0.2) is 24.3 Å². The molecule has 1 fully saturated rings. The molecule has 0 aromatic heterocycles. The van der Waals surface area contributed by atoms with Gasteiger partial charge in [0.2, 0.25) is 0 Å². The van der Waals surface area contributed by atoms with Gasteiger partial charge in [0.1, 0.15) is 24.9 Å². The number of carbonyl (C=O) groups excluding carboxylic acids is 2. The van der Waals surface area contributed by atoms with Crippen LogP contribution >= 0.6 is 0 Å². The Morgan fingerprint density at radius 2 is 1.10 bits per heavy atom.